The standard InChI is InChI=1S/C20H21FN2O3S/c21-19-4-2-1-3-16(19)17-11-18(17)20(24)22-12-13-5-9-15(10-6-13)27(25,26)23-14-7-8-14/h1-6,9-10,14,17-18,23H,7-8,11-12H2,(H,22,24). The van der Waals surface area contributed by atoms with Gasteiger partial charge in [-0.1, -0.05) is 30.3 Å². The van der Waals surface area contributed by atoms with Crippen LogP contribution < -0.4 is 10.0 Å². The molecule has 0 aromatic heterocycles. The normalized spacial score (nSPS) is 21.7. The summed E-state index contributed by atoms with van der Waals surface area (Å²) in [5, 5.41) is 2.85. The van der Waals surface area contributed by atoms with Crippen LogP contribution in [0.1, 0.15) is 36.3 Å². The Hall–Kier alpha value is -2.25. The van der Waals surface area contributed by atoms with E-state index in [4.69, 9.17) is 0 Å². The molecule has 142 valence electrons. The number of amides is 1. The molecule has 2 saturated carbocycles. The molecule has 2 aromatic rings. The molecule has 0 bridgehead atoms. The highest BCUT2D eigenvalue weighted by Crippen LogP contribution is 2.48. The van der Waals surface area contributed by atoms with Crippen LogP contribution in [-0.4, -0.2) is 20.4 Å². The molecule has 1 amide bonds. The molecule has 0 heterocycles. The van der Waals surface area contributed by atoms with E-state index >= 15 is 0 Å². The Balaban J connectivity index is 1.31. The van der Waals surface area contributed by atoms with E-state index in [0.29, 0.717) is 18.5 Å². The third-order valence-electron chi connectivity index (χ3n) is 5.03. The quantitative estimate of drug-likeness (QED) is 0.766. The summed E-state index contributed by atoms with van der Waals surface area (Å²) in [7, 11) is -3.46. The second kappa shape index (κ2) is 7.05. The Bertz CT molecular complexity index is 955. The second-order valence-electron chi connectivity index (χ2n) is 7.23. The molecule has 0 radical (unpaired) electrons. The van der Waals surface area contributed by atoms with E-state index < -0.39 is 10.0 Å². The number of nitrogens with one attached hydrogen (secondary N) is 2. The van der Waals surface area contributed by atoms with E-state index in [0.717, 1.165) is 18.4 Å². The van der Waals surface area contributed by atoms with Crippen LogP contribution in [0.4, 0.5) is 4.39 Å². The summed E-state index contributed by atoms with van der Waals surface area (Å²) in [6.45, 7) is 0.315. The fourth-order valence-corrected chi connectivity index (χ4v) is 4.50. The van der Waals surface area contributed by atoms with Crippen molar-refractivity contribution in [1.82, 2.24) is 10.0 Å². The molecule has 2 aliphatic rings. The minimum absolute atomic E-state index is 0.0628. The lowest BCUT2D eigenvalue weighted by Gasteiger charge is -2.08. The van der Waals surface area contributed by atoms with Gasteiger partial charge in [0.1, 0.15) is 5.82 Å². The Kier molecular flexibility index (Phi) is 4.74. The first-order valence-corrected chi connectivity index (χ1v) is 10.6. The van der Waals surface area contributed by atoms with Gasteiger partial charge in [-0.15, -0.1) is 0 Å². The maximum atomic E-state index is 13.8. The number of halogens is 1. The van der Waals surface area contributed by atoms with Gasteiger partial charge in [0.05, 0.1) is 4.90 Å². The molecule has 2 N–H and O–H groups in total. The average Bonchev–Trinajstić information content (AvgIpc) is 3.56. The lowest BCUT2D eigenvalue weighted by molar-refractivity contribution is -0.122. The summed E-state index contributed by atoms with van der Waals surface area (Å²) in [5.74, 6) is -0.638. The molecule has 5 nitrogen and oxygen atoms in total. The van der Waals surface area contributed by atoms with Gasteiger partial charge in [0.2, 0.25) is 15.9 Å². The van der Waals surface area contributed by atoms with E-state index in [2.05, 4.69) is 10.0 Å². The van der Waals surface area contributed by atoms with Crippen molar-refractivity contribution >= 4 is 15.9 Å². The Morgan fingerprint density at radius 2 is 1.78 bits per heavy atom. The predicted molar refractivity (Wildman–Crippen MR) is 98.9 cm³/mol. The molecule has 2 atom stereocenters. The van der Waals surface area contributed by atoms with Crippen molar-refractivity contribution in [2.45, 2.75) is 42.7 Å². The molecule has 0 saturated heterocycles. The van der Waals surface area contributed by atoms with Gasteiger partial charge in [-0.05, 0) is 54.5 Å². The number of hydrogen-bond acceptors (Lipinski definition) is 3. The van der Waals surface area contributed by atoms with E-state index in [1.54, 1.807) is 42.5 Å². The summed E-state index contributed by atoms with van der Waals surface area (Å²) in [4.78, 5) is 12.5. The molecule has 2 aromatic carbocycles. The maximum absolute atomic E-state index is 13.8. The number of carbonyl (C=O) groups is 1. The van der Waals surface area contributed by atoms with Crippen LogP contribution in [0.3, 0.4) is 0 Å². The lowest BCUT2D eigenvalue weighted by atomic mass is 10.1. The molecule has 2 fully saturated rings. The smallest absolute Gasteiger partial charge is 0.240 e. The van der Waals surface area contributed by atoms with E-state index in [9.17, 15) is 17.6 Å². The van der Waals surface area contributed by atoms with Crippen LogP contribution in [0.2, 0.25) is 0 Å². The fraction of sp³-hybridized carbons (Fsp3) is 0.350. The van der Waals surface area contributed by atoms with Crippen molar-refractivity contribution in [1.29, 1.82) is 0 Å². The predicted octanol–water partition coefficient (Wildman–Crippen LogP) is 2.69. The molecule has 7 heteroatoms. The molecule has 4 rings (SSSR count). The van der Waals surface area contributed by atoms with Gasteiger partial charge in [0.15, 0.2) is 0 Å². The first-order chi connectivity index (χ1) is 12.9. The fourth-order valence-electron chi connectivity index (χ4n) is 3.20. The van der Waals surface area contributed by atoms with E-state index in [-0.39, 0.29) is 34.5 Å². The van der Waals surface area contributed by atoms with Crippen molar-refractivity contribution in [3.63, 3.8) is 0 Å². The van der Waals surface area contributed by atoms with Crippen LogP contribution in [0, 0.1) is 11.7 Å². The van der Waals surface area contributed by atoms with Crippen LogP contribution in [0.5, 0.6) is 0 Å². The van der Waals surface area contributed by atoms with Gasteiger partial charge in [-0.25, -0.2) is 17.5 Å². The minimum Gasteiger partial charge on any atom is -0.352 e. The minimum atomic E-state index is -3.46. The molecular formula is C20H21FN2O3S. The van der Waals surface area contributed by atoms with Crippen LogP contribution in [0.25, 0.3) is 0 Å². The van der Waals surface area contributed by atoms with Crippen molar-refractivity contribution in [2.24, 2.45) is 5.92 Å². The summed E-state index contributed by atoms with van der Waals surface area (Å²) >= 11 is 0. The maximum Gasteiger partial charge on any atom is 0.240 e. The van der Waals surface area contributed by atoms with Crippen molar-refractivity contribution in [2.75, 3.05) is 0 Å². The van der Waals surface area contributed by atoms with Gasteiger partial charge in [-0.2, -0.15) is 0 Å². The van der Waals surface area contributed by atoms with Crippen molar-refractivity contribution < 1.29 is 17.6 Å². The molecular weight excluding hydrogens is 367 g/mol. The Labute approximate surface area is 158 Å². The third-order valence-corrected chi connectivity index (χ3v) is 6.57. The number of benzene rings is 2. The lowest BCUT2D eigenvalue weighted by Crippen LogP contribution is -2.26. The zero-order chi connectivity index (χ0) is 19.0. The largest absolute Gasteiger partial charge is 0.352 e. The van der Waals surface area contributed by atoms with Gasteiger partial charge in [0, 0.05) is 18.5 Å². The Morgan fingerprint density at radius 1 is 1.07 bits per heavy atom. The SMILES string of the molecule is O=C(NCc1ccc(S(=O)(=O)NC2CC2)cc1)C1CC1c1ccccc1F. The third kappa shape index (κ3) is 4.20. The highest BCUT2D eigenvalue weighted by molar-refractivity contribution is 7.89. The monoisotopic (exact) mass is 388 g/mol. The number of sulfonamides is 1. The topological polar surface area (TPSA) is 75.3 Å². The van der Waals surface area contributed by atoms with Crippen LogP contribution in [0.15, 0.2) is 53.4 Å². The first-order valence-electron chi connectivity index (χ1n) is 9.07. The van der Waals surface area contributed by atoms with Crippen molar-refractivity contribution in [3.8, 4) is 0 Å². The summed E-state index contributed by atoms with van der Waals surface area (Å²) in [6.07, 6.45) is 2.42. The van der Waals surface area contributed by atoms with Gasteiger partial charge in [-0.3, -0.25) is 4.79 Å². The molecule has 27 heavy (non-hydrogen) atoms. The van der Waals surface area contributed by atoms with E-state index in [1.165, 1.54) is 6.07 Å². The zero-order valence-corrected chi connectivity index (χ0v) is 15.5. The van der Waals surface area contributed by atoms with Crippen LogP contribution in [-0.2, 0) is 21.4 Å². The first kappa shape index (κ1) is 18.1. The summed E-state index contributed by atoms with van der Waals surface area (Å²) in [6, 6.07) is 13.1. The molecule has 2 aliphatic carbocycles. The molecule has 2 unspecified atom stereocenters. The van der Waals surface area contributed by atoms with Gasteiger partial charge < -0.3 is 5.32 Å². The highest BCUT2D eigenvalue weighted by Gasteiger charge is 2.44. The zero-order valence-electron chi connectivity index (χ0n) is 14.7. The summed E-state index contributed by atoms with van der Waals surface area (Å²) < 4.78 is 40.7. The highest BCUT2D eigenvalue weighted by atomic mass is 32.2. The van der Waals surface area contributed by atoms with Gasteiger partial charge in [0.25, 0.3) is 0 Å². The van der Waals surface area contributed by atoms with Crippen molar-refractivity contribution in [3.05, 3.63) is 65.5 Å². The number of rotatable bonds is 7. The Morgan fingerprint density at radius 3 is 2.44 bits per heavy atom. The number of hydrogen-bond donors (Lipinski definition) is 2. The van der Waals surface area contributed by atoms with E-state index in [1.807, 2.05) is 0 Å². The number of carbonyl (C=O) groups excluding carboxylic acids is 1. The molecule has 0 aliphatic heterocycles. The van der Waals surface area contributed by atoms with Crippen LogP contribution >= 0.6 is 0 Å². The molecule has 0 spiro atoms. The second-order valence-corrected chi connectivity index (χ2v) is 8.94. The summed E-state index contributed by atoms with van der Waals surface area (Å²) in [5.41, 5.74) is 1.41. The average molecular weight is 388 g/mol. The van der Waals surface area contributed by atoms with Gasteiger partial charge >= 0.3 is 0 Å².